The van der Waals surface area contributed by atoms with E-state index in [1.807, 2.05) is 24.3 Å². The summed E-state index contributed by atoms with van der Waals surface area (Å²) in [6.07, 6.45) is 9.05. The number of carbonyl (C=O) groups is 2. The van der Waals surface area contributed by atoms with Crippen molar-refractivity contribution in [2.75, 3.05) is 6.61 Å². The van der Waals surface area contributed by atoms with E-state index in [0.29, 0.717) is 11.8 Å². The van der Waals surface area contributed by atoms with Crippen LogP contribution in [-0.4, -0.2) is 23.0 Å². The van der Waals surface area contributed by atoms with Crippen LogP contribution in [-0.2, 0) is 11.2 Å². The quantitative estimate of drug-likeness (QED) is 0.844. The molecule has 5 heteroatoms. The molecule has 138 valence electrons. The number of ether oxygens (including phenoxy) is 1. The average Bonchev–Trinajstić information content (AvgIpc) is 2.90. The van der Waals surface area contributed by atoms with Gasteiger partial charge in [-0.15, -0.1) is 0 Å². The number of hydrogen-bond acceptors (Lipinski definition) is 4. The van der Waals surface area contributed by atoms with Gasteiger partial charge in [-0.05, 0) is 80.4 Å². The Kier molecular flexibility index (Phi) is 4.03. The Morgan fingerprint density at radius 2 is 1.62 bits per heavy atom. The maximum absolute atomic E-state index is 11.7. The molecule has 0 aromatic heterocycles. The van der Waals surface area contributed by atoms with E-state index < -0.39 is 0 Å². The van der Waals surface area contributed by atoms with Crippen LogP contribution in [0.1, 0.15) is 44.1 Å². The summed E-state index contributed by atoms with van der Waals surface area (Å²) in [5.74, 6) is 3.59. The van der Waals surface area contributed by atoms with Crippen LogP contribution < -0.4 is 10.1 Å². The Balaban J connectivity index is 1.19. The van der Waals surface area contributed by atoms with E-state index in [1.165, 1.54) is 38.5 Å². The highest BCUT2D eigenvalue weighted by atomic mass is 32.2. The van der Waals surface area contributed by atoms with Crippen LogP contribution in [0.3, 0.4) is 0 Å². The van der Waals surface area contributed by atoms with E-state index in [0.717, 1.165) is 47.4 Å². The van der Waals surface area contributed by atoms with Crippen molar-refractivity contribution < 1.29 is 14.3 Å². The van der Waals surface area contributed by atoms with Crippen molar-refractivity contribution in [1.29, 1.82) is 0 Å². The van der Waals surface area contributed by atoms with E-state index >= 15 is 0 Å². The van der Waals surface area contributed by atoms with Crippen LogP contribution in [0.5, 0.6) is 5.75 Å². The minimum absolute atomic E-state index is 0.179. The summed E-state index contributed by atoms with van der Waals surface area (Å²) in [7, 11) is 0. The Morgan fingerprint density at radius 3 is 2.15 bits per heavy atom. The van der Waals surface area contributed by atoms with E-state index in [9.17, 15) is 9.59 Å². The number of rotatable bonds is 5. The lowest BCUT2D eigenvalue weighted by Gasteiger charge is -2.56. The van der Waals surface area contributed by atoms with Gasteiger partial charge >= 0.3 is 0 Å². The maximum Gasteiger partial charge on any atom is 0.286 e. The molecule has 1 atom stereocenters. The summed E-state index contributed by atoms with van der Waals surface area (Å²) in [5, 5.41) is 1.80. The fourth-order valence-corrected chi connectivity index (χ4v) is 7.03. The van der Waals surface area contributed by atoms with Crippen molar-refractivity contribution in [2.45, 2.75) is 50.2 Å². The van der Waals surface area contributed by atoms with Gasteiger partial charge in [-0.3, -0.25) is 14.9 Å². The smallest absolute Gasteiger partial charge is 0.286 e. The average molecular weight is 372 g/mol. The van der Waals surface area contributed by atoms with Crippen molar-refractivity contribution in [1.82, 2.24) is 5.32 Å². The fourth-order valence-electron chi connectivity index (χ4n) is 6.17. The number of nitrogens with one attached hydrogen (secondary N) is 1. The van der Waals surface area contributed by atoms with E-state index in [4.69, 9.17) is 4.74 Å². The van der Waals surface area contributed by atoms with E-state index in [-0.39, 0.29) is 16.4 Å². The second kappa shape index (κ2) is 6.29. The molecule has 1 heterocycles. The van der Waals surface area contributed by atoms with Gasteiger partial charge in [-0.25, -0.2) is 0 Å². The first kappa shape index (κ1) is 16.7. The first-order chi connectivity index (χ1) is 12.6. The van der Waals surface area contributed by atoms with E-state index in [2.05, 4.69) is 5.32 Å². The number of carbonyl (C=O) groups excluding carboxylic acids is 2. The molecule has 4 nitrogen and oxygen atoms in total. The van der Waals surface area contributed by atoms with Gasteiger partial charge in [0.2, 0.25) is 5.91 Å². The highest BCUT2D eigenvalue weighted by molar-refractivity contribution is 8.15. The van der Waals surface area contributed by atoms with Crippen LogP contribution in [0.4, 0.5) is 4.79 Å². The standard InChI is InChI=1S/C21H25NO3S/c23-19-18(26-20(24)22-19)8-13-1-3-17(4-2-13)25-12-21-9-14-5-15(10-21)7-16(6-14)11-21/h1-4,14-16,18H,5-12H2,(H,22,23,24). The third kappa shape index (κ3) is 3.15. The molecule has 1 aromatic carbocycles. The number of benzene rings is 1. The molecule has 4 bridgehead atoms. The number of amides is 2. The first-order valence-electron chi connectivity index (χ1n) is 9.80. The monoisotopic (exact) mass is 371 g/mol. The maximum atomic E-state index is 11.7. The zero-order valence-electron chi connectivity index (χ0n) is 14.9. The summed E-state index contributed by atoms with van der Waals surface area (Å²) >= 11 is 1.08. The van der Waals surface area contributed by atoms with Crippen molar-refractivity contribution >= 4 is 22.9 Å². The molecule has 5 aliphatic rings. The predicted molar refractivity (Wildman–Crippen MR) is 101 cm³/mol. The highest BCUT2D eigenvalue weighted by Gasteiger charge is 2.51. The lowest BCUT2D eigenvalue weighted by molar-refractivity contribution is -0.118. The Hall–Kier alpha value is -1.49. The van der Waals surface area contributed by atoms with Crippen LogP contribution >= 0.6 is 11.8 Å². The summed E-state index contributed by atoms with van der Waals surface area (Å²) in [4.78, 5) is 23.0. The molecule has 1 unspecified atom stereocenters. The molecule has 6 rings (SSSR count). The second-order valence-electron chi connectivity index (χ2n) is 8.94. The minimum Gasteiger partial charge on any atom is -0.493 e. The van der Waals surface area contributed by atoms with Crippen LogP contribution in [0.25, 0.3) is 0 Å². The third-order valence-corrected chi connectivity index (χ3v) is 7.80. The van der Waals surface area contributed by atoms with Gasteiger partial charge in [0.05, 0.1) is 11.9 Å². The summed E-state index contributed by atoms with van der Waals surface area (Å²) < 4.78 is 6.22. The van der Waals surface area contributed by atoms with Gasteiger partial charge in [0.1, 0.15) is 5.75 Å². The topological polar surface area (TPSA) is 55.4 Å². The van der Waals surface area contributed by atoms with Crippen LogP contribution in [0, 0.1) is 23.2 Å². The Labute approximate surface area is 158 Å². The molecule has 4 aliphatic carbocycles. The second-order valence-corrected chi connectivity index (χ2v) is 10.1. The van der Waals surface area contributed by atoms with Crippen molar-refractivity contribution in [3.05, 3.63) is 29.8 Å². The van der Waals surface area contributed by atoms with Crippen molar-refractivity contribution in [3.63, 3.8) is 0 Å². The number of hydrogen-bond donors (Lipinski definition) is 1. The molecule has 5 fully saturated rings. The first-order valence-corrected chi connectivity index (χ1v) is 10.7. The molecule has 26 heavy (non-hydrogen) atoms. The summed E-state index contributed by atoms with van der Waals surface area (Å²) in [6.45, 7) is 0.852. The fraction of sp³-hybridized carbons (Fsp3) is 0.619. The van der Waals surface area contributed by atoms with Gasteiger partial charge in [-0.2, -0.15) is 0 Å². The number of thioether (sulfide) groups is 1. The summed E-state index contributed by atoms with van der Waals surface area (Å²) in [5.41, 5.74) is 1.49. The van der Waals surface area contributed by atoms with Crippen LogP contribution in [0.2, 0.25) is 0 Å². The zero-order chi connectivity index (χ0) is 17.7. The van der Waals surface area contributed by atoms with E-state index in [1.54, 1.807) is 0 Å². The molecule has 1 aromatic rings. The Morgan fingerprint density at radius 1 is 1.00 bits per heavy atom. The van der Waals surface area contributed by atoms with Gasteiger partial charge in [0.25, 0.3) is 5.24 Å². The highest BCUT2D eigenvalue weighted by Crippen LogP contribution is 2.60. The SMILES string of the molecule is O=C1NC(=O)C(Cc2ccc(OCC34CC5CC(CC(C5)C3)C4)cc2)S1. The van der Waals surface area contributed by atoms with Gasteiger partial charge < -0.3 is 4.74 Å². The lowest BCUT2D eigenvalue weighted by atomic mass is 9.50. The molecule has 0 spiro atoms. The molecule has 0 radical (unpaired) electrons. The predicted octanol–water partition coefficient (Wildman–Crippen LogP) is 4.18. The molecule has 2 amide bonds. The zero-order valence-corrected chi connectivity index (χ0v) is 15.7. The molecular formula is C21H25NO3S. The van der Waals surface area contributed by atoms with Gasteiger partial charge in [0.15, 0.2) is 0 Å². The molecule has 1 N–H and O–H groups in total. The van der Waals surface area contributed by atoms with Gasteiger partial charge in [-0.1, -0.05) is 23.9 Å². The molecular weight excluding hydrogens is 346 g/mol. The van der Waals surface area contributed by atoms with Crippen molar-refractivity contribution in [2.24, 2.45) is 23.2 Å². The minimum atomic E-state index is -0.304. The normalized spacial score (nSPS) is 37.8. The molecule has 1 saturated heterocycles. The lowest BCUT2D eigenvalue weighted by Crippen LogP contribution is -2.48. The Bertz CT molecular complexity index is 694. The van der Waals surface area contributed by atoms with Gasteiger partial charge in [0, 0.05) is 5.41 Å². The van der Waals surface area contributed by atoms with Crippen molar-refractivity contribution in [3.8, 4) is 5.75 Å². The van der Waals surface area contributed by atoms with Crippen LogP contribution in [0.15, 0.2) is 24.3 Å². The largest absolute Gasteiger partial charge is 0.493 e. The summed E-state index contributed by atoms with van der Waals surface area (Å²) in [6, 6.07) is 8.06. The third-order valence-electron chi connectivity index (χ3n) is 6.82. The molecule has 1 aliphatic heterocycles. The molecule has 4 saturated carbocycles. The number of imide groups is 1.